The van der Waals surface area contributed by atoms with Crippen LogP contribution in [0.4, 0.5) is 13.2 Å². The summed E-state index contributed by atoms with van der Waals surface area (Å²) in [6.45, 7) is 5.29. The Morgan fingerprint density at radius 2 is 2.00 bits per heavy atom. The first-order valence-electron chi connectivity index (χ1n) is 8.36. The van der Waals surface area contributed by atoms with E-state index in [4.69, 9.17) is 5.73 Å². The van der Waals surface area contributed by atoms with Crippen molar-refractivity contribution >= 4 is 29.9 Å². The molecule has 1 heterocycles. The largest absolute Gasteiger partial charge is 0.468 e. The fourth-order valence-electron chi connectivity index (χ4n) is 2.16. The molecule has 26 heavy (non-hydrogen) atoms. The van der Waals surface area contributed by atoms with Crippen molar-refractivity contribution in [3.8, 4) is 5.88 Å². The monoisotopic (exact) mass is 488 g/mol. The van der Waals surface area contributed by atoms with Gasteiger partial charge >= 0.3 is 6.18 Å². The minimum absolute atomic E-state index is 0. The summed E-state index contributed by atoms with van der Waals surface area (Å²) in [6.07, 6.45) is 0.272. The van der Waals surface area contributed by atoms with E-state index in [9.17, 15) is 13.2 Å². The third-order valence-electron chi connectivity index (χ3n) is 3.43. The third kappa shape index (κ3) is 12.2. The zero-order valence-corrected chi connectivity index (χ0v) is 17.7. The van der Waals surface area contributed by atoms with Crippen molar-refractivity contribution in [3.05, 3.63) is 23.9 Å². The standard InChI is InChI=1S/C17H27F3N4O.HI/c1-12(2)5-4-6-13(3)24-16(21)23-10-14-7-8-22-15(9-14)25-11-17(18,19)20;/h7-9,12-13H,4-6,10-11H2,1-3H3,(H3,21,23,24);1H. The molecule has 0 aliphatic heterocycles. The van der Waals surface area contributed by atoms with Crippen LogP contribution in [0.3, 0.4) is 0 Å². The van der Waals surface area contributed by atoms with E-state index in [0.717, 1.165) is 12.8 Å². The smallest absolute Gasteiger partial charge is 0.422 e. The molecular weight excluding hydrogens is 460 g/mol. The zero-order valence-electron chi connectivity index (χ0n) is 15.3. The Bertz CT molecular complexity index is 553. The molecule has 0 aliphatic carbocycles. The lowest BCUT2D eigenvalue weighted by atomic mass is 10.0. The summed E-state index contributed by atoms with van der Waals surface area (Å²) < 4.78 is 41.1. The van der Waals surface area contributed by atoms with Gasteiger partial charge in [0.2, 0.25) is 5.88 Å². The van der Waals surface area contributed by atoms with Gasteiger partial charge in [-0.1, -0.05) is 26.7 Å². The number of nitrogens with one attached hydrogen (secondary N) is 1. The van der Waals surface area contributed by atoms with Gasteiger partial charge in [-0.15, -0.1) is 24.0 Å². The molecule has 0 bridgehead atoms. The van der Waals surface area contributed by atoms with E-state index < -0.39 is 12.8 Å². The molecule has 1 aromatic rings. The van der Waals surface area contributed by atoms with Crippen molar-refractivity contribution in [1.29, 1.82) is 0 Å². The minimum atomic E-state index is -4.39. The molecule has 0 fully saturated rings. The van der Waals surface area contributed by atoms with Crippen LogP contribution in [0, 0.1) is 5.92 Å². The number of aromatic nitrogens is 1. The number of alkyl halides is 3. The highest BCUT2D eigenvalue weighted by Crippen LogP contribution is 2.17. The summed E-state index contributed by atoms with van der Waals surface area (Å²) in [5.74, 6) is 0.906. The first-order chi connectivity index (χ1) is 11.7. The van der Waals surface area contributed by atoms with Crippen molar-refractivity contribution in [2.45, 2.75) is 58.8 Å². The Balaban J connectivity index is 0.00000625. The number of guanidine groups is 1. The summed E-state index contributed by atoms with van der Waals surface area (Å²) >= 11 is 0. The van der Waals surface area contributed by atoms with Crippen molar-refractivity contribution < 1.29 is 17.9 Å². The molecule has 0 saturated carbocycles. The highest BCUT2D eigenvalue weighted by atomic mass is 127. The van der Waals surface area contributed by atoms with E-state index in [0.29, 0.717) is 17.4 Å². The van der Waals surface area contributed by atoms with Crippen molar-refractivity contribution in [1.82, 2.24) is 10.3 Å². The molecule has 150 valence electrons. The van der Waals surface area contributed by atoms with Crippen molar-refractivity contribution in [3.63, 3.8) is 0 Å². The molecule has 0 aromatic carbocycles. The SMILES string of the molecule is CC(C)CCCC(C)NC(N)=NCc1ccnc(OCC(F)(F)F)c1.I. The topological polar surface area (TPSA) is 72.5 Å². The van der Waals surface area contributed by atoms with Crippen LogP contribution in [0.2, 0.25) is 0 Å². The Morgan fingerprint density at radius 3 is 2.62 bits per heavy atom. The van der Waals surface area contributed by atoms with Gasteiger partial charge in [0.1, 0.15) is 0 Å². The van der Waals surface area contributed by atoms with Gasteiger partial charge in [-0.25, -0.2) is 9.98 Å². The van der Waals surface area contributed by atoms with Gasteiger partial charge < -0.3 is 15.8 Å². The third-order valence-corrected chi connectivity index (χ3v) is 3.43. The quantitative estimate of drug-likeness (QED) is 0.310. The molecule has 0 saturated heterocycles. The van der Waals surface area contributed by atoms with E-state index in [2.05, 4.69) is 33.9 Å². The first kappa shape index (κ1) is 24.7. The number of hydrogen-bond acceptors (Lipinski definition) is 3. The minimum Gasteiger partial charge on any atom is -0.468 e. The zero-order chi connectivity index (χ0) is 18.9. The highest BCUT2D eigenvalue weighted by molar-refractivity contribution is 14.0. The van der Waals surface area contributed by atoms with Crippen LogP contribution in [-0.2, 0) is 6.54 Å². The van der Waals surface area contributed by atoms with Crippen LogP contribution in [0.1, 0.15) is 45.6 Å². The molecule has 3 N–H and O–H groups in total. The number of halogens is 4. The van der Waals surface area contributed by atoms with Crippen LogP contribution >= 0.6 is 24.0 Å². The fraction of sp³-hybridized carbons (Fsp3) is 0.647. The normalized spacial score (nSPS) is 13.3. The summed E-state index contributed by atoms with van der Waals surface area (Å²) in [5.41, 5.74) is 6.52. The number of rotatable bonds is 9. The van der Waals surface area contributed by atoms with Gasteiger partial charge in [-0.05, 0) is 30.9 Å². The Labute approximate surface area is 170 Å². The second-order valence-corrected chi connectivity index (χ2v) is 6.48. The molecule has 0 aliphatic rings. The number of pyridine rings is 1. The van der Waals surface area contributed by atoms with Crippen LogP contribution in [0.15, 0.2) is 23.3 Å². The van der Waals surface area contributed by atoms with Crippen LogP contribution < -0.4 is 15.8 Å². The Hall–Kier alpha value is -1.26. The van der Waals surface area contributed by atoms with E-state index in [1.165, 1.54) is 18.7 Å². The van der Waals surface area contributed by atoms with Gasteiger partial charge in [0.05, 0.1) is 6.54 Å². The number of hydrogen-bond donors (Lipinski definition) is 2. The number of nitrogens with two attached hydrogens (primary N) is 1. The first-order valence-corrected chi connectivity index (χ1v) is 8.36. The van der Waals surface area contributed by atoms with Crippen LogP contribution in [0.5, 0.6) is 5.88 Å². The maximum absolute atomic E-state index is 12.2. The molecular formula is C17H28F3IN4O. The molecule has 0 amide bonds. The predicted molar refractivity (Wildman–Crippen MR) is 108 cm³/mol. The van der Waals surface area contributed by atoms with Gasteiger partial charge in [0, 0.05) is 18.3 Å². The summed E-state index contributed by atoms with van der Waals surface area (Å²) in [5, 5.41) is 3.12. The number of nitrogens with zero attached hydrogens (tertiary/aromatic N) is 2. The second kappa shape index (κ2) is 12.2. The molecule has 1 rings (SSSR count). The van der Waals surface area contributed by atoms with Gasteiger partial charge in [-0.2, -0.15) is 13.2 Å². The van der Waals surface area contributed by atoms with Gasteiger partial charge in [0.15, 0.2) is 12.6 Å². The van der Waals surface area contributed by atoms with E-state index >= 15 is 0 Å². The Morgan fingerprint density at radius 1 is 1.31 bits per heavy atom. The summed E-state index contributed by atoms with van der Waals surface area (Å²) in [6, 6.07) is 3.29. The fourth-order valence-corrected chi connectivity index (χ4v) is 2.16. The lowest BCUT2D eigenvalue weighted by Crippen LogP contribution is -2.38. The lowest BCUT2D eigenvalue weighted by Gasteiger charge is -2.15. The average Bonchev–Trinajstić information content (AvgIpc) is 2.50. The van der Waals surface area contributed by atoms with Crippen LogP contribution in [-0.4, -0.2) is 29.8 Å². The predicted octanol–water partition coefficient (Wildman–Crippen LogP) is 4.26. The summed E-state index contributed by atoms with van der Waals surface area (Å²) in [7, 11) is 0. The van der Waals surface area contributed by atoms with Crippen molar-refractivity contribution in [2.24, 2.45) is 16.6 Å². The number of aliphatic imine (C=N–C) groups is 1. The molecule has 9 heteroatoms. The van der Waals surface area contributed by atoms with E-state index in [1.54, 1.807) is 6.07 Å². The Kier molecular flexibility index (Phi) is 11.6. The van der Waals surface area contributed by atoms with E-state index in [-0.39, 0.29) is 42.4 Å². The maximum atomic E-state index is 12.2. The molecule has 1 aromatic heterocycles. The molecule has 0 spiro atoms. The molecule has 1 atom stereocenters. The number of ether oxygens (including phenoxy) is 1. The molecule has 0 radical (unpaired) electrons. The molecule has 1 unspecified atom stereocenters. The van der Waals surface area contributed by atoms with Gasteiger partial charge in [-0.3, -0.25) is 0 Å². The maximum Gasteiger partial charge on any atom is 0.422 e. The molecule has 5 nitrogen and oxygen atoms in total. The lowest BCUT2D eigenvalue weighted by molar-refractivity contribution is -0.154. The van der Waals surface area contributed by atoms with Crippen LogP contribution in [0.25, 0.3) is 0 Å². The average molecular weight is 488 g/mol. The van der Waals surface area contributed by atoms with E-state index in [1.807, 2.05) is 6.92 Å². The summed E-state index contributed by atoms with van der Waals surface area (Å²) in [4.78, 5) is 7.95. The van der Waals surface area contributed by atoms with Gasteiger partial charge in [0.25, 0.3) is 0 Å². The highest BCUT2D eigenvalue weighted by Gasteiger charge is 2.28. The van der Waals surface area contributed by atoms with Crippen molar-refractivity contribution in [2.75, 3.05) is 6.61 Å². The second-order valence-electron chi connectivity index (χ2n) is 6.48.